The first-order chi connectivity index (χ1) is 18.4. The molecule has 1 heterocycles. The Hall–Kier alpha value is -4.07. The van der Waals surface area contributed by atoms with E-state index in [0.717, 1.165) is 31.2 Å². The van der Waals surface area contributed by atoms with Crippen molar-refractivity contribution in [3.05, 3.63) is 89.9 Å². The molecule has 4 rings (SSSR count). The molecule has 1 aromatic heterocycles. The lowest BCUT2D eigenvalue weighted by atomic mass is 10.00. The zero-order chi connectivity index (χ0) is 26.9. The first kappa shape index (κ1) is 27.0. The van der Waals surface area contributed by atoms with Gasteiger partial charge in [-0.1, -0.05) is 54.8 Å². The lowest BCUT2D eigenvalue weighted by Gasteiger charge is -2.32. The van der Waals surface area contributed by atoms with Crippen LogP contribution in [0.3, 0.4) is 0 Å². The Kier molecular flexibility index (Phi) is 9.19. The molecule has 1 aliphatic carbocycles. The summed E-state index contributed by atoms with van der Waals surface area (Å²) in [5.41, 5.74) is 1.95. The Morgan fingerprint density at radius 3 is 2.45 bits per heavy atom. The number of benzene rings is 2. The van der Waals surface area contributed by atoms with E-state index in [-0.39, 0.29) is 43.0 Å². The summed E-state index contributed by atoms with van der Waals surface area (Å²) in [6, 6.07) is 17.4. The van der Waals surface area contributed by atoms with E-state index in [2.05, 4.69) is 15.6 Å². The molecule has 198 valence electrons. The average molecular weight is 517 g/mol. The minimum Gasteiger partial charge on any atom is -0.351 e. The van der Waals surface area contributed by atoms with E-state index in [4.69, 9.17) is 0 Å². The molecule has 1 fully saturated rings. The number of rotatable bonds is 10. The third kappa shape index (κ3) is 7.25. The molecule has 0 spiro atoms. The van der Waals surface area contributed by atoms with Crippen LogP contribution in [0.5, 0.6) is 0 Å². The van der Waals surface area contributed by atoms with E-state index < -0.39 is 11.9 Å². The van der Waals surface area contributed by atoms with Crippen molar-refractivity contribution >= 4 is 29.2 Å². The number of nitrogens with zero attached hydrogens (tertiary/aromatic N) is 2. The standard InChI is InChI=1S/C30H33FN4O3/c1-21-15-17-22(18-16-21)29(30(38)33-24-9-2-3-10-24)35(25-11-6-8-23(31)20-25)28(37)14-7-13-27(36)34-26-12-4-5-19-32-26/h4-6,8,11-12,15-20,24,29H,2-3,7,9-10,13-14H2,1H3,(H,33,38)(H,32,34,36)/t29-/m1/s1. The zero-order valence-electron chi connectivity index (χ0n) is 21.5. The van der Waals surface area contributed by atoms with Gasteiger partial charge in [0.25, 0.3) is 0 Å². The van der Waals surface area contributed by atoms with E-state index in [1.165, 1.54) is 23.1 Å². The normalized spacial score (nSPS) is 14.1. The molecule has 0 unspecified atom stereocenters. The molecule has 2 aromatic carbocycles. The topological polar surface area (TPSA) is 91.4 Å². The predicted octanol–water partition coefficient (Wildman–Crippen LogP) is 5.47. The summed E-state index contributed by atoms with van der Waals surface area (Å²) in [7, 11) is 0. The van der Waals surface area contributed by atoms with Crippen molar-refractivity contribution < 1.29 is 18.8 Å². The van der Waals surface area contributed by atoms with Crippen LogP contribution in [0.2, 0.25) is 0 Å². The van der Waals surface area contributed by atoms with Crippen molar-refractivity contribution in [1.29, 1.82) is 0 Å². The SMILES string of the molecule is Cc1ccc([C@H](C(=O)NC2CCCC2)N(C(=O)CCCC(=O)Nc2ccccn2)c2cccc(F)c2)cc1. The van der Waals surface area contributed by atoms with E-state index >= 15 is 0 Å². The van der Waals surface area contributed by atoms with Crippen molar-refractivity contribution in [2.75, 3.05) is 10.2 Å². The molecule has 0 radical (unpaired) electrons. The number of aromatic nitrogens is 1. The highest BCUT2D eigenvalue weighted by molar-refractivity contribution is 6.01. The molecule has 1 saturated carbocycles. The molecule has 3 aromatic rings. The molecular formula is C30H33FN4O3. The van der Waals surface area contributed by atoms with Crippen LogP contribution in [0.25, 0.3) is 0 Å². The monoisotopic (exact) mass is 516 g/mol. The van der Waals surface area contributed by atoms with Gasteiger partial charge in [0.05, 0.1) is 0 Å². The molecule has 1 atom stereocenters. The van der Waals surface area contributed by atoms with Gasteiger partial charge in [0.1, 0.15) is 17.7 Å². The predicted molar refractivity (Wildman–Crippen MR) is 145 cm³/mol. The molecule has 0 aliphatic heterocycles. The molecule has 1 aliphatic rings. The van der Waals surface area contributed by atoms with Crippen LogP contribution in [0, 0.1) is 12.7 Å². The number of pyridine rings is 1. The number of anilines is 2. The van der Waals surface area contributed by atoms with Gasteiger partial charge in [-0.25, -0.2) is 9.37 Å². The number of nitrogens with one attached hydrogen (secondary N) is 2. The summed E-state index contributed by atoms with van der Waals surface area (Å²) in [6.45, 7) is 1.95. The van der Waals surface area contributed by atoms with Gasteiger partial charge >= 0.3 is 0 Å². The van der Waals surface area contributed by atoms with Crippen LogP contribution < -0.4 is 15.5 Å². The summed E-state index contributed by atoms with van der Waals surface area (Å²) in [6.07, 6.45) is 5.83. The van der Waals surface area contributed by atoms with Crippen LogP contribution in [0.4, 0.5) is 15.9 Å². The van der Waals surface area contributed by atoms with Crippen molar-refractivity contribution in [2.45, 2.75) is 64.0 Å². The van der Waals surface area contributed by atoms with Crippen LogP contribution in [-0.4, -0.2) is 28.7 Å². The third-order valence-electron chi connectivity index (χ3n) is 6.68. The number of hydrogen-bond acceptors (Lipinski definition) is 4. The molecule has 0 saturated heterocycles. The average Bonchev–Trinajstić information content (AvgIpc) is 3.41. The Labute approximate surface area is 222 Å². The van der Waals surface area contributed by atoms with Crippen LogP contribution >= 0.6 is 0 Å². The van der Waals surface area contributed by atoms with Crippen LogP contribution in [0.15, 0.2) is 72.9 Å². The Bertz CT molecular complexity index is 1240. The summed E-state index contributed by atoms with van der Waals surface area (Å²) < 4.78 is 14.3. The number of amides is 3. The minimum atomic E-state index is -0.979. The fraction of sp³-hybridized carbons (Fsp3) is 0.333. The number of hydrogen-bond donors (Lipinski definition) is 2. The van der Waals surface area contributed by atoms with Gasteiger partial charge in [0.15, 0.2) is 0 Å². The Balaban J connectivity index is 1.57. The maximum absolute atomic E-state index is 14.3. The maximum Gasteiger partial charge on any atom is 0.248 e. The minimum absolute atomic E-state index is 0.00518. The molecule has 38 heavy (non-hydrogen) atoms. The Morgan fingerprint density at radius 2 is 1.76 bits per heavy atom. The van der Waals surface area contributed by atoms with E-state index in [1.807, 2.05) is 31.2 Å². The van der Waals surface area contributed by atoms with Crippen molar-refractivity contribution in [1.82, 2.24) is 10.3 Å². The highest BCUT2D eigenvalue weighted by Gasteiger charge is 2.34. The highest BCUT2D eigenvalue weighted by atomic mass is 19.1. The highest BCUT2D eigenvalue weighted by Crippen LogP contribution is 2.31. The number of carbonyl (C=O) groups is 3. The molecule has 0 bridgehead atoms. The van der Waals surface area contributed by atoms with Crippen molar-refractivity contribution in [3.63, 3.8) is 0 Å². The quantitative estimate of drug-likeness (QED) is 0.374. The summed E-state index contributed by atoms with van der Waals surface area (Å²) in [4.78, 5) is 45.2. The maximum atomic E-state index is 14.3. The van der Waals surface area contributed by atoms with Gasteiger partial charge in [-0.05, 0) is 62.1 Å². The fourth-order valence-corrected chi connectivity index (χ4v) is 4.74. The fourth-order valence-electron chi connectivity index (χ4n) is 4.74. The van der Waals surface area contributed by atoms with Gasteiger partial charge in [0.2, 0.25) is 17.7 Å². The van der Waals surface area contributed by atoms with Gasteiger partial charge < -0.3 is 10.6 Å². The molecule has 2 N–H and O–H groups in total. The lowest BCUT2D eigenvalue weighted by molar-refractivity contribution is -0.127. The van der Waals surface area contributed by atoms with Crippen LogP contribution in [-0.2, 0) is 14.4 Å². The van der Waals surface area contributed by atoms with E-state index in [9.17, 15) is 18.8 Å². The molecule has 8 heteroatoms. The van der Waals surface area contributed by atoms with Gasteiger partial charge in [-0.2, -0.15) is 0 Å². The summed E-state index contributed by atoms with van der Waals surface area (Å²) in [5, 5.41) is 5.82. The summed E-state index contributed by atoms with van der Waals surface area (Å²) >= 11 is 0. The zero-order valence-corrected chi connectivity index (χ0v) is 21.5. The molecule has 3 amide bonds. The number of halogens is 1. The third-order valence-corrected chi connectivity index (χ3v) is 6.68. The first-order valence-electron chi connectivity index (χ1n) is 13.1. The van der Waals surface area contributed by atoms with Crippen LogP contribution in [0.1, 0.15) is 62.1 Å². The van der Waals surface area contributed by atoms with Crippen molar-refractivity contribution in [3.8, 4) is 0 Å². The largest absolute Gasteiger partial charge is 0.351 e. The van der Waals surface area contributed by atoms with Crippen molar-refractivity contribution in [2.24, 2.45) is 0 Å². The number of carbonyl (C=O) groups excluding carboxylic acids is 3. The van der Waals surface area contributed by atoms with Gasteiger partial charge in [-0.3, -0.25) is 19.3 Å². The Morgan fingerprint density at radius 1 is 1.00 bits per heavy atom. The van der Waals surface area contributed by atoms with Gasteiger partial charge in [-0.15, -0.1) is 0 Å². The molecular weight excluding hydrogens is 483 g/mol. The van der Waals surface area contributed by atoms with Gasteiger partial charge in [0, 0.05) is 30.8 Å². The second kappa shape index (κ2) is 12.9. The second-order valence-electron chi connectivity index (χ2n) is 9.66. The van der Waals surface area contributed by atoms with E-state index in [1.54, 1.807) is 30.5 Å². The number of aryl methyl sites for hydroxylation is 1. The second-order valence-corrected chi connectivity index (χ2v) is 9.66. The first-order valence-corrected chi connectivity index (χ1v) is 13.1. The molecule has 7 nitrogen and oxygen atoms in total. The smallest absolute Gasteiger partial charge is 0.248 e. The summed E-state index contributed by atoms with van der Waals surface area (Å²) in [5.74, 6) is -0.996. The lowest BCUT2D eigenvalue weighted by Crippen LogP contribution is -2.46. The van der Waals surface area contributed by atoms with E-state index in [0.29, 0.717) is 17.1 Å².